The first-order valence-corrected chi connectivity index (χ1v) is 15.1. The summed E-state index contributed by atoms with van der Waals surface area (Å²) in [5, 5.41) is 15.1. The maximum absolute atomic E-state index is 12.1. The highest BCUT2D eigenvalue weighted by atomic mass is 16.5. The third-order valence-electron chi connectivity index (χ3n) is 7.62. The molecule has 2 aromatic rings. The Morgan fingerprint density at radius 2 is 1.13 bits per heavy atom. The summed E-state index contributed by atoms with van der Waals surface area (Å²) >= 11 is 0. The summed E-state index contributed by atoms with van der Waals surface area (Å²) in [7, 11) is 0. The van der Waals surface area contributed by atoms with Crippen LogP contribution >= 0.6 is 0 Å². The number of hydrogen-bond donors (Lipinski definition) is 2. The van der Waals surface area contributed by atoms with Gasteiger partial charge in [-0.15, -0.1) is 0 Å². The monoisotopic (exact) mass is 523 g/mol. The number of unbranched alkanes of at least 4 members (excludes halogenated alkanes) is 10. The van der Waals surface area contributed by atoms with Crippen LogP contribution < -0.4 is 14.8 Å². The largest absolute Gasteiger partial charge is 0.494 e. The molecule has 3 rings (SSSR count). The quantitative estimate of drug-likeness (QED) is 0.185. The van der Waals surface area contributed by atoms with E-state index in [4.69, 9.17) is 9.47 Å². The van der Waals surface area contributed by atoms with Gasteiger partial charge in [-0.1, -0.05) is 102 Å². The van der Waals surface area contributed by atoms with Gasteiger partial charge in [0.2, 0.25) is 5.91 Å². The molecule has 0 saturated carbocycles. The van der Waals surface area contributed by atoms with E-state index < -0.39 is 5.60 Å². The number of carbonyl (C=O) groups is 1. The highest BCUT2D eigenvalue weighted by Crippen LogP contribution is 2.38. The lowest BCUT2D eigenvalue weighted by atomic mass is 9.79. The van der Waals surface area contributed by atoms with Crippen LogP contribution in [0, 0.1) is 0 Å². The molecular formula is C33H49NO4. The predicted octanol–water partition coefficient (Wildman–Crippen LogP) is 7.68. The molecule has 0 spiro atoms. The average molecular weight is 524 g/mol. The zero-order valence-electron chi connectivity index (χ0n) is 23.7. The Bertz CT molecular complexity index is 864. The summed E-state index contributed by atoms with van der Waals surface area (Å²) in [6.45, 7) is 5.87. The minimum atomic E-state index is -1.33. The first kappa shape index (κ1) is 30.0. The summed E-state index contributed by atoms with van der Waals surface area (Å²) in [6.07, 6.45) is 15.8. The number of benzene rings is 2. The van der Waals surface area contributed by atoms with E-state index >= 15 is 0 Å². The van der Waals surface area contributed by atoms with Gasteiger partial charge in [0.25, 0.3) is 0 Å². The number of ether oxygens (including phenoxy) is 2. The van der Waals surface area contributed by atoms with Crippen LogP contribution in [0.25, 0.3) is 0 Å². The van der Waals surface area contributed by atoms with Gasteiger partial charge in [-0.05, 0) is 54.7 Å². The fourth-order valence-corrected chi connectivity index (χ4v) is 5.25. The Labute approximate surface area is 230 Å². The van der Waals surface area contributed by atoms with Crippen molar-refractivity contribution in [1.29, 1.82) is 0 Å². The SMILES string of the molecule is CCCCCCCCOc1ccc(C(O)(c2ccc(OCCCCCCCC)cc2)[C@H]2CCC(=O)N2)cc1. The molecule has 1 heterocycles. The zero-order chi connectivity index (χ0) is 27.1. The summed E-state index contributed by atoms with van der Waals surface area (Å²) in [5.41, 5.74) is 0.164. The molecule has 0 unspecified atom stereocenters. The Balaban J connectivity index is 1.60. The van der Waals surface area contributed by atoms with E-state index in [0.717, 1.165) is 35.5 Å². The first-order valence-electron chi connectivity index (χ1n) is 15.1. The normalized spacial score (nSPS) is 15.4. The van der Waals surface area contributed by atoms with Gasteiger partial charge in [-0.3, -0.25) is 4.79 Å². The van der Waals surface area contributed by atoms with Crippen LogP contribution in [-0.2, 0) is 10.4 Å². The van der Waals surface area contributed by atoms with Gasteiger partial charge in [0.1, 0.15) is 17.1 Å². The lowest BCUT2D eigenvalue weighted by molar-refractivity contribution is -0.120. The van der Waals surface area contributed by atoms with Gasteiger partial charge in [0, 0.05) is 6.42 Å². The van der Waals surface area contributed by atoms with Crippen LogP contribution in [0.1, 0.15) is 115 Å². The third kappa shape index (κ3) is 9.04. The maximum atomic E-state index is 12.1. The van der Waals surface area contributed by atoms with Crippen LogP contribution in [0.2, 0.25) is 0 Å². The van der Waals surface area contributed by atoms with E-state index in [1.54, 1.807) is 0 Å². The van der Waals surface area contributed by atoms with Crippen LogP contribution in [0.15, 0.2) is 48.5 Å². The van der Waals surface area contributed by atoms with Gasteiger partial charge in [-0.2, -0.15) is 0 Å². The van der Waals surface area contributed by atoms with Crippen molar-refractivity contribution >= 4 is 5.91 Å². The minimum Gasteiger partial charge on any atom is -0.494 e. The molecule has 1 aliphatic heterocycles. The van der Waals surface area contributed by atoms with Crippen molar-refractivity contribution in [3.63, 3.8) is 0 Å². The molecule has 2 N–H and O–H groups in total. The third-order valence-corrected chi connectivity index (χ3v) is 7.62. The van der Waals surface area contributed by atoms with E-state index in [0.29, 0.717) is 26.1 Å². The molecule has 5 nitrogen and oxygen atoms in total. The fraction of sp³-hybridized carbons (Fsp3) is 0.606. The van der Waals surface area contributed by atoms with Crippen molar-refractivity contribution in [3.8, 4) is 11.5 Å². The highest BCUT2D eigenvalue weighted by molar-refractivity contribution is 5.79. The van der Waals surface area contributed by atoms with Gasteiger partial charge >= 0.3 is 0 Å². The molecule has 1 saturated heterocycles. The van der Waals surface area contributed by atoms with Crippen molar-refractivity contribution in [2.75, 3.05) is 13.2 Å². The molecular weight excluding hydrogens is 474 g/mol. The van der Waals surface area contributed by atoms with Crippen molar-refractivity contribution < 1.29 is 19.4 Å². The number of carbonyl (C=O) groups excluding carboxylic acids is 1. The molecule has 2 aromatic carbocycles. The second-order valence-electron chi connectivity index (χ2n) is 10.7. The number of hydrogen-bond acceptors (Lipinski definition) is 4. The van der Waals surface area contributed by atoms with E-state index in [-0.39, 0.29) is 11.9 Å². The van der Waals surface area contributed by atoms with Gasteiger partial charge in [0.15, 0.2) is 0 Å². The minimum absolute atomic E-state index is 0.0220. The van der Waals surface area contributed by atoms with Gasteiger partial charge < -0.3 is 19.9 Å². The molecule has 0 radical (unpaired) electrons. The van der Waals surface area contributed by atoms with Crippen LogP contribution in [-0.4, -0.2) is 30.3 Å². The van der Waals surface area contributed by atoms with Gasteiger partial charge in [-0.25, -0.2) is 0 Å². The van der Waals surface area contributed by atoms with Gasteiger partial charge in [0.05, 0.1) is 19.3 Å². The Kier molecular flexibility index (Phi) is 13.0. The Hall–Kier alpha value is -2.53. The average Bonchev–Trinajstić information content (AvgIpc) is 3.39. The summed E-state index contributed by atoms with van der Waals surface area (Å²) in [4.78, 5) is 12.1. The topological polar surface area (TPSA) is 67.8 Å². The smallest absolute Gasteiger partial charge is 0.220 e. The molecule has 1 amide bonds. The van der Waals surface area contributed by atoms with E-state index in [9.17, 15) is 9.90 Å². The maximum Gasteiger partial charge on any atom is 0.220 e. The van der Waals surface area contributed by atoms with E-state index in [1.807, 2.05) is 48.5 Å². The molecule has 0 aromatic heterocycles. The number of nitrogens with one attached hydrogen (secondary N) is 1. The summed E-state index contributed by atoms with van der Waals surface area (Å²) < 4.78 is 11.9. The Morgan fingerprint density at radius 1 is 0.711 bits per heavy atom. The second-order valence-corrected chi connectivity index (χ2v) is 10.7. The predicted molar refractivity (Wildman–Crippen MR) is 155 cm³/mol. The fourth-order valence-electron chi connectivity index (χ4n) is 5.25. The molecule has 5 heteroatoms. The lowest BCUT2D eigenvalue weighted by Crippen LogP contribution is -2.47. The molecule has 0 bridgehead atoms. The Morgan fingerprint density at radius 3 is 1.53 bits per heavy atom. The highest BCUT2D eigenvalue weighted by Gasteiger charge is 2.43. The molecule has 1 fully saturated rings. The van der Waals surface area contributed by atoms with Crippen LogP contribution in [0.4, 0.5) is 0 Å². The first-order chi connectivity index (χ1) is 18.6. The molecule has 1 aliphatic rings. The number of amides is 1. The van der Waals surface area contributed by atoms with E-state index in [2.05, 4.69) is 19.2 Å². The molecule has 0 aliphatic carbocycles. The molecule has 1 atom stereocenters. The van der Waals surface area contributed by atoms with Crippen molar-refractivity contribution in [1.82, 2.24) is 5.32 Å². The number of aliphatic hydroxyl groups is 1. The van der Waals surface area contributed by atoms with E-state index in [1.165, 1.54) is 64.2 Å². The summed E-state index contributed by atoms with van der Waals surface area (Å²) in [5.74, 6) is 1.59. The number of rotatable bonds is 19. The molecule has 210 valence electrons. The standard InChI is InChI=1S/C33H49NO4/c1-3-5-7-9-11-13-25-37-29-19-15-27(16-20-29)33(36,31-23-24-32(35)34-31)28-17-21-30(22-18-28)38-26-14-12-10-8-6-4-2/h15-22,31,36H,3-14,23-26H2,1-2H3,(H,34,35)/t31-/m1/s1. The molecule has 38 heavy (non-hydrogen) atoms. The zero-order valence-corrected chi connectivity index (χ0v) is 23.7. The summed E-state index contributed by atoms with van der Waals surface area (Å²) in [6, 6.07) is 15.0. The van der Waals surface area contributed by atoms with Crippen LogP contribution in [0.3, 0.4) is 0 Å². The van der Waals surface area contributed by atoms with Crippen molar-refractivity contribution in [2.45, 2.75) is 115 Å². The lowest BCUT2D eigenvalue weighted by Gasteiger charge is -2.35. The second kappa shape index (κ2) is 16.4. The van der Waals surface area contributed by atoms with Crippen LogP contribution in [0.5, 0.6) is 11.5 Å². The van der Waals surface area contributed by atoms with Crippen molar-refractivity contribution in [2.24, 2.45) is 0 Å². The van der Waals surface area contributed by atoms with Crippen molar-refractivity contribution in [3.05, 3.63) is 59.7 Å².